The minimum Gasteiger partial charge on any atom is -0.487 e. The van der Waals surface area contributed by atoms with E-state index in [2.05, 4.69) is 5.32 Å². The minimum atomic E-state index is -0.566. The summed E-state index contributed by atoms with van der Waals surface area (Å²) >= 11 is 0. The molecule has 8 heteroatoms. The number of carbonyl (C=O) groups excluding carboxylic acids is 1. The van der Waals surface area contributed by atoms with Crippen LogP contribution in [0.5, 0.6) is 5.75 Å². The van der Waals surface area contributed by atoms with E-state index in [9.17, 15) is 14.9 Å². The lowest BCUT2D eigenvalue weighted by Crippen LogP contribution is -2.28. The number of nitro benzene ring substituents is 1. The Morgan fingerprint density at radius 3 is 2.71 bits per heavy atom. The number of hydrogen-bond donors (Lipinski definition) is 2. The second-order valence-corrected chi connectivity index (χ2v) is 4.39. The summed E-state index contributed by atoms with van der Waals surface area (Å²) in [6.07, 6.45) is 0.644. The Hall–Kier alpha value is -1.86. The molecule has 0 aliphatic carbocycles. The summed E-state index contributed by atoms with van der Waals surface area (Å²) in [6.45, 7) is 4.32. The van der Waals surface area contributed by atoms with Crippen molar-refractivity contribution < 1.29 is 14.5 Å². The zero-order valence-electron chi connectivity index (χ0n) is 12.0. The molecule has 0 radical (unpaired) electrons. The van der Waals surface area contributed by atoms with Crippen molar-refractivity contribution in [1.82, 2.24) is 5.32 Å². The number of nitro groups is 1. The maximum Gasteiger partial charge on any atom is 0.311 e. The van der Waals surface area contributed by atoms with Crippen LogP contribution in [0.15, 0.2) is 18.2 Å². The highest BCUT2D eigenvalue weighted by molar-refractivity contribution is 5.95. The molecule has 1 amide bonds. The molecular formula is C13H20ClN3O4. The molecule has 0 aromatic heterocycles. The van der Waals surface area contributed by atoms with Gasteiger partial charge in [0.25, 0.3) is 5.91 Å². The van der Waals surface area contributed by atoms with E-state index in [0.717, 1.165) is 0 Å². The van der Waals surface area contributed by atoms with Gasteiger partial charge in [-0.3, -0.25) is 14.9 Å². The number of amides is 1. The van der Waals surface area contributed by atoms with Crippen LogP contribution in [0.3, 0.4) is 0 Å². The molecule has 0 saturated heterocycles. The lowest BCUT2D eigenvalue weighted by molar-refractivity contribution is -0.385. The number of benzene rings is 1. The monoisotopic (exact) mass is 317 g/mol. The third-order valence-corrected chi connectivity index (χ3v) is 2.60. The third-order valence-electron chi connectivity index (χ3n) is 2.60. The Bertz CT molecular complexity index is 494. The van der Waals surface area contributed by atoms with Gasteiger partial charge < -0.3 is 15.8 Å². The molecule has 0 heterocycles. The highest BCUT2D eigenvalue weighted by Crippen LogP contribution is 2.27. The van der Waals surface area contributed by atoms with Gasteiger partial charge in [0.05, 0.1) is 11.5 Å². The van der Waals surface area contributed by atoms with Crippen molar-refractivity contribution in [3.8, 4) is 5.75 Å². The highest BCUT2D eigenvalue weighted by Gasteiger charge is 2.18. The average Bonchev–Trinajstić information content (AvgIpc) is 2.38. The highest BCUT2D eigenvalue weighted by atomic mass is 35.5. The number of hydrogen-bond acceptors (Lipinski definition) is 5. The number of nitrogens with one attached hydrogen (secondary N) is 1. The summed E-state index contributed by atoms with van der Waals surface area (Å²) in [4.78, 5) is 22.2. The average molecular weight is 318 g/mol. The van der Waals surface area contributed by atoms with Gasteiger partial charge in [-0.05, 0) is 32.4 Å². The molecule has 0 aliphatic rings. The van der Waals surface area contributed by atoms with E-state index in [0.29, 0.717) is 19.6 Å². The molecule has 1 atom stereocenters. The van der Waals surface area contributed by atoms with Crippen LogP contribution < -0.4 is 15.8 Å². The summed E-state index contributed by atoms with van der Waals surface area (Å²) in [5.74, 6) is -0.207. The van der Waals surface area contributed by atoms with Crippen molar-refractivity contribution >= 4 is 24.0 Å². The summed E-state index contributed by atoms with van der Waals surface area (Å²) in [5, 5.41) is 13.6. The van der Waals surface area contributed by atoms with Crippen molar-refractivity contribution in [3.63, 3.8) is 0 Å². The van der Waals surface area contributed by atoms with Crippen LogP contribution in [0, 0.1) is 10.1 Å². The maximum absolute atomic E-state index is 11.9. The molecule has 7 nitrogen and oxygen atoms in total. The van der Waals surface area contributed by atoms with Crippen LogP contribution in [-0.2, 0) is 0 Å². The minimum absolute atomic E-state index is 0. The molecule has 1 rings (SSSR count). The second-order valence-electron chi connectivity index (χ2n) is 4.39. The largest absolute Gasteiger partial charge is 0.487 e. The topological polar surface area (TPSA) is 107 Å². The lowest BCUT2D eigenvalue weighted by atomic mass is 10.1. The lowest BCUT2D eigenvalue weighted by Gasteiger charge is -2.08. The van der Waals surface area contributed by atoms with Gasteiger partial charge in [0, 0.05) is 24.2 Å². The fraction of sp³-hybridized carbons (Fsp3) is 0.462. The number of carbonyl (C=O) groups is 1. The Morgan fingerprint density at radius 2 is 2.19 bits per heavy atom. The smallest absolute Gasteiger partial charge is 0.311 e. The first-order chi connectivity index (χ1) is 9.45. The summed E-state index contributed by atoms with van der Waals surface area (Å²) < 4.78 is 5.16. The molecule has 0 fully saturated rings. The quantitative estimate of drug-likeness (QED) is 0.589. The van der Waals surface area contributed by atoms with E-state index in [1.54, 1.807) is 6.92 Å². The standard InChI is InChI=1S/C13H19N3O4.ClH/c1-3-20-12-5-4-10(8-11(12)16(18)19)13(17)15-7-6-9(2)14;/h4-5,8-9H,3,6-7,14H2,1-2H3,(H,15,17);1H. The van der Waals surface area contributed by atoms with Gasteiger partial charge >= 0.3 is 5.69 Å². The summed E-state index contributed by atoms with van der Waals surface area (Å²) in [6, 6.07) is 4.14. The molecule has 21 heavy (non-hydrogen) atoms. The number of rotatable bonds is 7. The van der Waals surface area contributed by atoms with Gasteiger partial charge in [-0.15, -0.1) is 12.4 Å². The van der Waals surface area contributed by atoms with Crippen molar-refractivity contribution in [2.24, 2.45) is 5.73 Å². The molecular weight excluding hydrogens is 298 g/mol. The van der Waals surface area contributed by atoms with Gasteiger partial charge in [-0.25, -0.2) is 0 Å². The normalized spacial score (nSPS) is 11.2. The fourth-order valence-corrected chi connectivity index (χ4v) is 1.59. The Labute approximate surface area is 129 Å². The van der Waals surface area contributed by atoms with Crippen LogP contribution in [-0.4, -0.2) is 30.0 Å². The van der Waals surface area contributed by atoms with Gasteiger partial charge in [0.15, 0.2) is 5.75 Å². The Morgan fingerprint density at radius 1 is 1.52 bits per heavy atom. The first-order valence-electron chi connectivity index (χ1n) is 6.40. The van der Waals surface area contributed by atoms with E-state index in [4.69, 9.17) is 10.5 Å². The molecule has 118 valence electrons. The predicted octanol–water partition coefficient (Wildman–Crippen LogP) is 1.88. The van der Waals surface area contributed by atoms with Crippen LogP contribution in [0.25, 0.3) is 0 Å². The van der Waals surface area contributed by atoms with Crippen molar-refractivity contribution in [2.75, 3.05) is 13.2 Å². The summed E-state index contributed by atoms with van der Waals surface area (Å²) in [7, 11) is 0. The molecule has 3 N–H and O–H groups in total. The zero-order chi connectivity index (χ0) is 15.1. The molecule has 1 aromatic carbocycles. The Kier molecular flexibility index (Phi) is 8.34. The maximum atomic E-state index is 11.9. The van der Waals surface area contributed by atoms with Gasteiger partial charge in [0.1, 0.15) is 0 Å². The van der Waals surface area contributed by atoms with Gasteiger partial charge in [0.2, 0.25) is 0 Å². The first-order valence-corrected chi connectivity index (χ1v) is 6.40. The predicted molar refractivity (Wildman–Crippen MR) is 82.1 cm³/mol. The molecule has 0 bridgehead atoms. The number of nitrogens with two attached hydrogens (primary N) is 1. The van der Waals surface area contributed by atoms with Crippen molar-refractivity contribution in [2.45, 2.75) is 26.3 Å². The number of halogens is 1. The molecule has 0 spiro atoms. The number of ether oxygens (including phenoxy) is 1. The van der Waals surface area contributed by atoms with E-state index in [1.807, 2.05) is 6.92 Å². The first kappa shape index (κ1) is 19.1. The van der Waals surface area contributed by atoms with Crippen molar-refractivity contribution in [1.29, 1.82) is 0 Å². The van der Waals surface area contributed by atoms with E-state index in [-0.39, 0.29) is 41.4 Å². The zero-order valence-corrected chi connectivity index (χ0v) is 12.8. The molecule has 1 aromatic rings. The molecule has 1 unspecified atom stereocenters. The van der Waals surface area contributed by atoms with Crippen LogP contribution in [0.4, 0.5) is 5.69 Å². The second kappa shape index (κ2) is 9.15. The molecule has 0 aliphatic heterocycles. The summed E-state index contributed by atoms with van der Waals surface area (Å²) in [5.41, 5.74) is 5.59. The number of nitrogens with zero attached hydrogens (tertiary/aromatic N) is 1. The van der Waals surface area contributed by atoms with Crippen LogP contribution >= 0.6 is 12.4 Å². The van der Waals surface area contributed by atoms with Crippen LogP contribution in [0.1, 0.15) is 30.6 Å². The SMILES string of the molecule is CCOc1ccc(C(=O)NCCC(C)N)cc1[N+](=O)[O-].Cl. The Balaban J connectivity index is 0.00000400. The van der Waals surface area contributed by atoms with Gasteiger partial charge in [-0.2, -0.15) is 0 Å². The van der Waals surface area contributed by atoms with Crippen molar-refractivity contribution in [3.05, 3.63) is 33.9 Å². The van der Waals surface area contributed by atoms with E-state index in [1.165, 1.54) is 18.2 Å². The van der Waals surface area contributed by atoms with Gasteiger partial charge in [-0.1, -0.05) is 0 Å². The van der Waals surface area contributed by atoms with Crippen LogP contribution in [0.2, 0.25) is 0 Å². The fourth-order valence-electron chi connectivity index (χ4n) is 1.59. The third kappa shape index (κ3) is 5.97. The van der Waals surface area contributed by atoms with E-state index >= 15 is 0 Å². The van der Waals surface area contributed by atoms with E-state index < -0.39 is 4.92 Å². The molecule has 0 saturated carbocycles.